The summed E-state index contributed by atoms with van der Waals surface area (Å²) in [6.45, 7) is 5.10. The van der Waals surface area contributed by atoms with Crippen LogP contribution in [-0.2, 0) is 9.53 Å². The molecule has 1 aromatic rings. The lowest BCUT2D eigenvalue weighted by molar-refractivity contribution is -0.149. The molecule has 0 bridgehead atoms. The van der Waals surface area contributed by atoms with Gasteiger partial charge in [0.15, 0.2) is 0 Å². The van der Waals surface area contributed by atoms with E-state index in [0.29, 0.717) is 32.5 Å². The van der Waals surface area contributed by atoms with Crippen molar-refractivity contribution >= 4 is 12.0 Å². The van der Waals surface area contributed by atoms with Crippen LogP contribution in [0.15, 0.2) is 24.3 Å². The zero-order valence-corrected chi connectivity index (χ0v) is 13.5. The Morgan fingerprint density at radius 1 is 1.30 bits per heavy atom. The topological polar surface area (TPSA) is 58.6 Å². The van der Waals surface area contributed by atoms with Crippen LogP contribution in [0, 0.1) is 11.7 Å². The van der Waals surface area contributed by atoms with Crippen molar-refractivity contribution in [3.63, 3.8) is 0 Å². The van der Waals surface area contributed by atoms with E-state index in [1.165, 1.54) is 12.1 Å². The lowest BCUT2D eigenvalue weighted by Crippen LogP contribution is -2.46. The van der Waals surface area contributed by atoms with Gasteiger partial charge in [0.25, 0.3) is 0 Å². The Balaban J connectivity index is 1.83. The molecule has 5 nitrogen and oxygen atoms in total. The molecule has 6 heteroatoms. The fraction of sp³-hybridized carbons (Fsp3) is 0.529. The van der Waals surface area contributed by atoms with Crippen molar-refractivity contribution in [1.82, 2.24) is 10.2 Å². The number of esters is 1. The fourth-order valence-electron chi connectivity index (χ4n) is 2.69. The zero-order valence-electron chi connectivity index (χ0n) is 13.5. The highest BCUT2D eigenvalue weighted by atomic mass is 19.1. The second-order valence-corrected chi connectivity index (χ2v) is 5.74. The Hall–Kier alpha value is -2.11. The number of nitrogens with one attached hydrogen (secondary N) is 1. The van der Waals surface area contributed by atoms with Crippen molar-refractivity contribution in [3.05, 3.63) is 35.6 Å². The minimum absolute atomic E-state index is 0.117. The summed E-state index contributed by atoms with van der Waals surface area (Å²) in [7, 11) is 0. The van der Waals surface area contributed by atoms with Gasteiger partial charge in [-0.25, -0.2) is 9.18 Å². The van der Waals surface area contributed by atoms with Gasteiger partial charge in [-0.3, -0.25) is 4.79 Å². The SMILES string of the molecule is CCOC(=O)C1CCN(C(=O)NC(C)c2ccc(F)cc2)CC1. The summed E-state index contributed by atoms with van der Waals surface area (Å²) in [6, 6.07) is 5.71. The Morgan fingerprint density at radius 3 is 2.48 bits per heavy atom. The highest BCUT2D eigenvalue weighted by molar-refractivity contribution is 5.76. The third kappa shape index (κ3) is 4.68. The van der Waals surface area contributed by atoms with E-state index < -0.39 is 0 Å². The Kier molecular flexibility index (Phi) is 5.96. The van der Waals surface area contributed by atoms with Crippen molar-refractivity contribution in [2.75, 3.05) is 19.7 Å². The van der Waals surface area contributed by atoms with Crippen LogP contribution >= 0.6 is 0 Å². The number of amides is 2. The van der Waals surface area contributed by atoms with Gasteiger partial charge in [-0.05, 0) is 44.4 Å². The molecule has 1 saturated heterocycles. The second kappa shape index (κ2) is 7.94. The van der Waals surface area contributed by atoms with E-state index in [2.05, 4.69) is 5.32 Å². The molecule has 1 aliphatic heterocycles. The highest BCUT2D eigenvalue weighted by Gasteiger charge is 2.28. The molecule has 0 saturated carbocycles. The standard InChI is InChI=1S/C17H23FN2O3/c1-3-23-16(21)14-8-10-20(11-9-14)17(22)19-12(2)13-4-6-15(18)7-5-13/h4-7,12,14H,3,8-11H2,1-2H3,(H,19,22). The van der Waals surface area contributed by atoms with E-state index >= 15 is 0 Å². The molecule has 126 valence electrons. The van der Waals surface area contributed by atoms with Gasteiger partial charge in [0.2, 0.25) is 0 Å². The highest BCUT2D eigenvalue weighted by Crippen LogP contribution is 2.20. The molecule has 0 aromatic heterocycles. The summed E-state index contributed by atoms with van der Waals surface area (Å²) in [5.41, 5.74) is 0.848. The summed E-state index contributed by atoms with van der Waals surface area (Å²) in [6.07, 6.45) is 1.24. The molecule has 23 heavy (non-hydrogen) atoms. The minimum Gasteiger partial charge on any atom is -0.466 e. The van der Waals surface area contributed by atoms with E-state index in [1.54, 1.807) is 24.0 Å². The molecule has 1 heterocycles. The number of hydrogen-bond acceptors (Lipinski definition) is 3. The molecule has 0 spiro atoms. The number of ether oxygens (including phenoxy) is 1. The average molecular weight is 322 g/mol. The quantitative estimate of drug-likeness (QED) is 0.867. The number of halogens is 1. The Bertz CT molecular complexity index is 539. The van der Waals surface area contributed by atoms with E-state index in [9.17, 15) is 14.0 Å². The summed E-state index contributed by atoms with van der Waals surface area (Å²) in [5, 5.41) is 2.90. The smallest absolute Gasteiger partial charge is 0.317 e. The van der Waals surface area contributed by atoms with Crippen molar-refractivity contribution in [2.24, 2.45) is 5.92 Å². The number of likely N-dealkylation sites (tertiary alicyclic amines) is 1. The van der Waals surface area contributed by atoms with Gasteiger partial charge in [-0.15, -0.1) is 0 Å². The molecular weight excluding hydrogens is 299 g/mol. The summed E-state index contributed by atoms with van der Waals surface area (Å²) in [4.78, 5) is 25.7. The molecule has 2 amide bonds. The molecule has 1 aromatic carbocycles. The average Bonchev–Trinajstić information content (AvgIpc) is 2.55. The van der Waals surface area contributed by atoms with Crippen LogP contribution < -0.4 is 5.32 Å². The maximum atomic E-state index is 12.9. The zero-order chi connectivity index (χ0) is 16.8. The maximum Gasteiger partial charge on any atom is 0.317 e. The molecule has 1 N–H and O–H groups in total. The van der Waals surface area contributed by atoms with Gasteiger partial charge in [0, 0.05) is 13.1 Å². The number of rotatable bonds is 4. The van der Waals surface area contributed by atoms with Crippen LogP contribution in [0.2, 0.25) is 0 Å². The lowest BCUT2D eigenvalue weighted by Gasteiger charge is -2.31. The Morgan fingerprint density at radius 2 is 1.91 bits per heavy atom. The van der Waals surface area contributed by atoms with Crippen LogP contribution in [0.25, 0.3) is 0 Å². The molecule has 1 atom stereocenters. The van der Waals surface area contributed by atoms with Crippen LogP contribution in [0.4, 0.5) is 9.18 Å². The number of carbonyl (C=O) groups excluding carboxylic acids is 2. The number of hydrogen-bond donors (Lipinski definition) is 1. The summed E-state index contributed by atoms with van der Waals surface area (Å²) < 4.78 is 17.9. The minimum atomic E-state index is -0.298. The van der Waals surface area contributed by atoms with Gasteiger partial charge in [0.05, 0.1) is 18.6 Å². The maximum absolute atomic E-state index is 12.9. The first-order valence-corrected chi connectivity index (χ1v) is 7.98. The first-order chi connectivity index (χ1) is 11.0. The monoisotopic (exact) mass is 322 g/mol. The van der Waals surface area contributed by atoms with E-state index in [-0.39, 0.29) is 29.8 Å². The third-order valence-corrected chi connectivity index (χ3v) is 4.11. The molecule has 1 fully saturated rings. The predicted molar refractivity (Wildman–Crippen MR) is 84.3 cm³/mol. The summed E-state index contributed by atoms with van der Waals surface area (Å²) >= 11 is 0. The largest absolute Gasteiger partial charge is 0.466 e. The van der Waals surface area contributed by atoms with Crippen molar-refractivity contribution in [2.45, 2.75) is 32.7 Å². The third-order valence-electron chi connectivity index (χ3n) is 4.11. The fourth-order valence-corrected chi connectivity index (χ4v) is 2.69. The van der Waals surface area contributed by atoms with Crippen LogP contribution in [0.1, 0.15) is 38.3 Å². The molecule has 1 aliphatic rings. The second-order valence-electron chi connectivity index (χ2n) is 5.74. The number of urea groups is 1. The van der Waals surface area contributed by atoms with Crippen molar-refractivity contribution in [1.29, 1.82) is 0 Å². The van der Waals surface area contributed by atoms with Crippen LogP contribution in [0.3, 0.4) is 0 Å². The van der Waals surface area contributed by atoms with Gasteiger partial charge in [-0.2, -0.15) is 0 Å². The molecule has 0 aliphatic carbocycles. The van der Waals surface area contributed by atoms with Crippen LogP contribution in [-0.4, -0.2) is 36.6 Å². The predicted octanol–water partition coefficient (Wildman–Crippen LogP) is 2.87. The molecule has 1 unspecified atom stereocenters. The number of nitrogens with zero attached hydrogens (tertiary/aromatic N) is 1. The van der Waals surface area contributed by atoms with Crippen molar-refractivity contribution in [3.8, 4) is 0 Å². The number of benzene rings is 1. The molecule has 2 rings (SSSR count). The van der Waals surface area contributed by atoms with Crippen molar-refractivity contribution < 1.29 is 18.7 Å². The van der Waals surface area contributed by atoms with E-state index in [4.69, 9.17) is 4.74 Å². The number of piperidine rings is 1. The first kappa shape index (κ1) is 17.2. The first-order valence-electron chi connectivity index (χ1n) is 7.98. The van der Waals surface area contributed by atoms with Gasteiger partial charge >= 0.3 is 12.0 Å². The Labute approximate surface area is 135 Å². The van der Waals surface area contributed by atoms with Crippen LogP contribution in [0.5, 0.6) is 0 Å². The molecular formula is C17H23FN2O3. The molecule has 0 radical (unpaired) electrons. The van der Waals surface area contributed by atoms with Gasteiger partial charge in [-0.1, -0.05) is 12.1 Å². The summed E-state index contributed by atoms with van der Waals surface area (Å²) in [5.74, 6) is -0.589. The lowest BCUT2D eigenvalue weighted by atomic mass is 9.97. The van der Waals surface area contributed by atoms with Gasteiger partial charge in [0.1, 0.15) is 5.82 Å². The van der Waals surface area contributed by atoms with E-state index in [1.807, 2.05) is 6.92 Å². The number of carbonyl (C=O) groups is 2. The van der Waals surface area contributed by atoms with Gasteiger partial charge < -0.3 is 15.0 Å². The normalized spacial score (nSPS) is 16.7. The van der Waals surface area contributed by atoms with E-state index in [0.717, 1.165) is 5.56 Å².